The summed E-state index contributed by atoms with van der Waals surface area (Å²) in [6.45, 7) is 1.99. The second kappa shape index (κ2) is 4.73. The highest BCUT2D eigenvalue weighted by atomic mass is 35.5. The Morgan fingerprint density at radius 1 is 1.47 bits per heavy atom. The first-order valence-corrected chi connectivity index (χ1v) is 5.40. The average Bonchev–Trinajstić information content (AvgIpc) is 2.72. The summed E-state index contributed by atoms with van der Waals surface area (Å²) in [4.78, 5) is 16.6. The van der Waals surface area contributed by atoms with Crippen LogP contribution in [0.3, 0.4) is 0 Å². The Kier molecular flexibility index (Phi) is 3.31. The van der Waals surface area contributed by atoms with Crippen LogP contribution in [0, 0.1) is 0 Å². The summed E-state index contributed by atoms with van der Waals surface area (Å²) >= 11 is 5.76. The average molecular weight is 256 g/mol. The molecule has 1 atom stereocenters. The molecule has 0 saturated heterocycles. The first kappa shape index (κ1) is 11.9. The molecule has 0 aliphatic carbocycles. The van der Waals surface area contributed by atoms with Crippen LogP contribution in [0.15, 0.2) is 35.5 Å². The summed E-state index contributed by atoms with van der Waals surface area (Å²) in [7, 11) is 0. The van der Waals surface area contributed by atoms with Gasteiger partial charge in [-0.25, -0.2) is 0 Å². The molecule has 1 aromatic carbocycles. The lowest BCUT2D eigenvalue weighted by atomic mass is 10.1. The Balaban J connectivity index is 2.09. The lowest BCUT2D eigenvalue weighted by molar-refractivity contribution is -0.267. The number of hydrogen-bond donors (Lipinski definition) is 0. The molecule has 1 aliphatic heterocycles. The number of Topliss-reactive ketones (excluding diaryl/α,β-unsaturated/α-hetero) is 1. The molecule has 0 amide bonds. The van der Waals surface area contributed by atoms with Crippen LogP contribution in [0.5, 0.6) is 0 Å². The molecule has 17 heavy (non-hydrogen) atoms. The minimum absolute atomic E-state index is 0.223. The van der Waals surface area contributed by atoms with Gasteiger partial charge < -0.3 is 9.57 Å². The number of benzene rings is 1. The maximum absolute atomic E-state index is 11.9. The normalized spacial score (nSPS) is 22.6. The Hall–Kier alpha value is -1.59. The van der Waals surface area contributed by atoms with E-state index in [-0.39, 0.29) is 12.5 Å². The van der Waals surface area contributed by atoms with E-state index in [1.54, 1.807) is 37.3 Å². The number of alkyl halides is 1. The molecule has 1 heterocycles. The minimum Gasteiger partial charge on any atom is -0.391 e. The highest BCUT2D eigenvalue weighted by Gasteiger charge is 2.43. The molecule has 1 aliphatic rings. The van der Waals surface area contributed by atoms with Gasteiger partial charge in [-0.15, -0.1) is 0 Å². The maximum atomic E-state index is 11.9. The van der Waals surface area contributed by atoms with E-state index in [2.05, 4.69) is 5.16 Å². The fraction of sp³-hybridized carbons (Fsp3) is 0.273. The SMILES string of the molecule is CCOC1(Cl)ON=C(C(=O)c2ccccc2)O1. The third kappa shape index (κ3) is 2.57. The van der Waals surface area contributed by atoms with Crippen molar-refractivity contribution in [2.45, 2.75) is 12.4 Å². The number of ether oxygens (including phenoxy) is 2. The van der Waals surface area contributed by atoms with Gasteiger partial charge in [-0.3, -0.25) is 9.53 Å². The molecule has 0 bridgehead atoms. The van der Waals surface area contributed by atoms with Crippen molar-refractivity contribution in [3.05, 3.63) is 35.9 Å². The molecule has 6 heteroatoms. The van der Waals surface area contributed by atoms with Crippen molar-refractivity contribution < 1.29 is 19.1 Å². The number of oxime groups is 1. The van der Waals surface area contributed by atoms with Crippen molar-refractivity contribution in [1.29, 1.82) is 0 Å². The summed E-state index contributed by atoms with van der Waals surface area (Å²) in [5.41, 5.74) is -1.39. The van der Waals surface area contributed by atoms with E-state index in [1.807, 2.05) is 0 Å². The van der Waals surface area contributed by atoms with Gasteiger partial charge in [-0.2, -0.15) is 0 Å². The van der Waals surface area contributed by atoms with Gasteiger partial charge in [0, 0.05) is 17.2 Å². The van der Waals surface area contributed by atoms with Crippen molar-refractivity contribution >= 4 is 23.3 Å². The maximum Gasteiger partial charge on any atom is 0.483 e. The van der Waals surface area contributed by atoms with Crippen molar-refractivity contribution in [2.75, 3.05) is 6.61 Å². The number of carbonyl (C=O) groups excluding carboxylic acids is 1. The molecule has 0 spiro atoms. The van der Waals surface area contributed by atoms with E-state index in [0.29, 0.717) is 5.56 Å². The predicted molar refractivity (Wildman–Crippen MR) is 60.6 cm³/mol. The van der Waals surface area contributed by atoms with Crippen LogP contribution in [0.1, 0.15) is 17.3 Å². The Bertz CT molecular complexity index is 448. The minimum atomic E-state index is -1.82. The molecular formula is C11H10ClNO4. The quantitative estimate of drug-likeness (QED) is 0.611. The summed E-state index contributed by atoms with van der Waals surface area (Å²) < 4.78 is 9.99. The molecule has 0 N–H and O–H groups in total. The summed E-state index contributed by atoms with van der Waals surface area (Å²) in [6.07, 6.45) is 0. The zero-order valence-corrected chi connectivity index (χ0v) is 9.81. The van der Waals surface area contributed by atoms with Crippen LogP contribution in [0.2, 0.25) is 0 Å². The fourth-order valence-corrected chi connectivity index (χ4v) is 1.49. The number of hydrogen-bond acceptors (Lipinski definition) is 5. The van der Waals surface area contributed by atoms with Crippen LogP contribution in [0.25, 0.3) is 0 Å². The van der Waals surface area contributed by atoms with Crippen molar-refractivity contribution in [2.24, 2.45) is 5.16 Å². The fourth-order valence-electron chi connectivity index (χ4n) is 1.28. The van der Waals surface area contributed by atoms with Crippen LogP contribution in [0.4, 0.5) is 0 Å². The lowest BCUT2D eigenvalue weighted by Crippen LogP contribution is -2.30. The number of halogens is 1. The second-order valence-electron chi connectivity index (χ2n) is 3.20. The van der Waals surface area contributed by atoms with Gasteiger partial charge in [-0.05, 0) is 12.1 Å². The Labute approximate surface area is 103 Å². The van der Waals surface area contributed by atoms with E-state index >= 15 is 0 Å². The van der Waals surface area contributed by atoms with E-state index in [0.717, 1.165) is 0 Å². The first-order valence-electron chi connectivity index (χ1n) is 5.02. The van der Waals surface area contributed by atoms with Gasteiger partial charge in [-0.1, -0.05) is 30.3 Å². The van der Waals surface area contributed by atoms with Gasteiger partial charge in [0.25, 0.3) is 5.78 Å². The van der Waals surface area contributed by atoms with Crippen LogP contribution < -0.4 is 0 Å². The zero-order chi connectivity index (χ0) is 12.3. The standard InChI is InChI=1S/C11H10ClNO4/c1-2-15-11(12)16-10(13-17-11)9(14)8-6-4-3-5-7-8/h3-7H,2H2,1H3. The molecule has 0 fully saturated rings. The largest absolute Gasteiger partial charge is 0.483 e. The van der Waals surface area contributed by atoms with Crippen LogP contribution in [-0.2, 0) is 14.3 Å². The molecule has 1 aromatic rings. The van der Waals surface area contributed by atoms with Gasteiger partial charge in [0.15, 0.2) is 0 Å². The molecule has 1 unspecified atom stereocenters. The number of nitrogens with zero attached hydrogens (tertiary/aromatic N) is 1. The summed E-state index contributed by atoms with van der Waals surface area (Å²) in [6, 6.07) is 8.56. The summed E-state index contributed by atoms with van der Waals surface area (Å²) in [5, 5.41) is 3.47. The summed E-state index contributed by atoms with van der Waals surface area (Å²) in [5.74, 6) is -0.632. The first-order chi connectivity index (χ1) is 8.14. The molecule has 0 aromatic heterocycles. The predicted octanol–water partition coefficient (Wildman–Crippen LogP) is 2.12. The second-order valence-corrected chi connectivity index (χ2v) is 3.66. The smallest absolute Gasteiger partial charge is 0.391 e. The highest BCUT2D eigenvalue weighted by molar-refractivity contribution is 6.43. The number of rotatable bonds is 4. The molecule has 2 rings (SSSR count). The molecule has 5 nitrogen and oxygen atoms in total. The van der Waals surface area contributed by atoms with Gasteiger partial charge >= 0.3 is 11.3 Å². The topological polar surface area (TPSA) is 57.1 Å². The number of carbonyl (C=O) groups is 1. The lowest BCUT2D eigenvalue weighted by Gasteiger charge is -2.16. The Morgan fingerprint density at radius 2 is 2.18 bits per heavy atom. The van der Waals surface area contributed by atoms with Gasteiger partial charge in [0.05, 0.1) is 6.61 Å². The molecule has 90 valence electrons. The van der Waals surface area contributed by atoms with E-state index < -0.39 is 11.2 Å². The van der Waals surface area contributed by atoms with Crippen molar-refractivity contribution in [3.63, 3.8) is 0 Å². The molecule has 0 saturated carbocycles. The molecule has 0 radical (unpaired) electrons. The number of ketones is 1. The van der Waals surface area contributed by atoms with E-state index in [9.17, 15) is 4.79 Å². The van der Waals surface area contributed by atoms with Gasteiger partial charge in [0.1, 0.15) is 0 Å². The van der Waals surface area contributed by atoms with Gasteiger partial charge in [0.2, 0.25) is 0 Å². The van der Waals surface area contributed by atoms with Crippen LogP contribution >= 0.6 is 11.6 Å². The zero-order valence-electron chi connectivity index (χ0n) is 9.05. The van der Waals surface area contributed by atoms with Crippen molar-refractivity contribution in [1.82, 2.24) is 0 Å². The monoisotopic (exact) mass is 255 g/mol. The molecular weight excluding hydrogens is 246 g/mol. The van der Waals surface area contributed by atoms with Crippen LogP contribution in [-0.4, -0.2) is 23.7 Å². The third-order valence-electron chi connectivity index (χ3n) is 2.00. The Morgan fingerprint density at radius 3 is 2.82 bits per heavy atom. The van der Waals surface area contributed by atoms with E-state index in [1.165, 1.54) is 0 Å². The highest BCUT2D eigenvalue weighted by Crippen LogP contribution is 2.27. The van der Waals surface area contributed by atoms with E-state index in [4.69, 9.17) is 25.9 Å². The third-order valence-corrected chi connectivity index (χ3v) is 2.26. The van der Waals surface area contributed by atoms with Crippen molar-refractivity contribution in [3.8, 4) is 0 Å².